The van der Waals surface area contributed by atoms with Gasteiger partial charge in [-0.25, -0.2) is 12.8 Å². The van der Waals surface area contributed by atoms with Crippen molar-refractivity contribution in [3.8, 4) is 0 Å². The molecule has 122 valence electrons. The molecule has 0 spiro atoms. The van der Waals surface area contributed by atoms with E-state index in [0.717, 1.165) is 34.1 Å². The first kappa shape index (κ1) is 17.4. The summed E-state index contributed by atoms with van der Waals surface area (Å²) in [6.45, 7) is 3.04. The molecule has 0 aliphatic carbocycles. The summed E-state index contributed by atoms with van der Waals surface area (Å²) in [5, 5.41) is -0.809. The zero-order chi connectivity index (χ0) is 17.2. The monoisotopic (exact) mass is 355 g/mol. The molecule has 0 aliphatic heterocycles. The number of aryl methyl sites for hydroxylation is 2. The van der Waals surface area contributed by atoms with Crippen molar-refractivity contribution in [2.75, 3.05) is 10.8 Å². The van der Waals surface area contributed by atoms with Crippen molar-refractivity contribution in [1.29, 1.82) is 0 Å². The highest BCUT2D eigenvalue weighted by atomic mass is 35.5. The first-order valence-corrected chi connectivity index (χ1v) is 8.57. The molecule has 2 aromatic carbocycles. The number of hydrogen-bond acceptors (Lipinski definition) is 3. The Hall–Kier alpha value is -1.92. The molecule has 0 bridgehead atoms. The summed E-state index contributed by atoms with van der Waals surface area (Å²) < 4.78 is 39.7. The molecular weight excluding hydrogens is 341 g/mol. The number of halogens is 2. The predicted octanol–water partition coefficient (Wildman–Crippen LogP) is 3.40. The average molecular weight is 356 g/mol. The lowest BCUT2D eigenvalue weighted by Crippen LogP contribution is -2.35. The number of sulfonamides is 1. The van der Waals surface area contributed by atoms with Crippen LogP contribution in [0.2, 0.25) is 0 Å². The molecule has 4 nitrogen and oxygen atoms in total. The smallest absolute Gasteiger partial charge is 0.264 e. The number of hydrogen-bond donors (Lipinski definition) is 0. The Morgan fingerprint density at radius 3 is 2.30 bits per heavy atom. The van der Waals surface area contributed by atoms with E-state index in [0.29, 0.717) is 11.3 Å². The fraction of sp³-hybridized carbons (Fsp3) is 0.188. The van der Waals surface area contributed by atoms with Gasteiger partial charge in [0.05, 0.1) is 10.6 Å². The number of carbonyl (C=O) groups excluding carboxylic acids is 1. The van der Waals surface area contributed by atoms with Crippen LogP contribution in [-0.4, -0.2) is 20.2 Å². The molecule has 0 radical (unpaired) electrons. The summed E-state index contributed by atoms with van der Waals surface area (Å²) in [6.07, 6.45) is 0. The van der Waals surface area contributed by atoms with Crippen LogP contribution in [0.4, 0.5) is 10.1 Å². The summed E-state index contributed by atoms with van der Waals surface area (Å²) in [5.74, 6) is -0.546. The number of rotatable bonds is 5. The third kappa shape index (κ3) is 3.89. The Morgan fingerprint density at radius 1 is 1.13 bits per heavy atom. The quantitative estimate of drug-likeness (QED) is 0.772. The molecule has 0 aliphatic rings. The Balaban J connectivity index is 2.60. The fourth-order valence-corrected chi connectivity index (χ4v) is 3.80. The SMILES string of the molecule is Cc1ccc(C)c(N(CC(=O)Cl)S(=O)(=O)c2ccc(F)cc2)c1. The molecule has 0 saturated heterocycles. The van der Waals surface area contributed by atoms with Gasteiger partial charge in [-0.05, 0) is 66.9 Å². The summed E-state index contributed by atoms with van der Waals surface area (Å²) in [7, 11) is -4.04. The lowest BCUT2D eigenvalue weighted by molar-refractivity contribution is -0.110. The van der Waals surface area contributed by atoms with Gasteiger partial charge in [0.15, 0.2) is 0 Å². The van der Waals surface area contributed by atoms with Crippen molar-refractivity contribution in [2.24, 2.45) is 0 Å². The van der Waals surface area contributed by atoms with E-state index in [4.69, 9.17) is 11.6 Å². The minimum Gasteiger partial charge on any atom is -0.279 e. The second-order valence-electron chi connectivity index (χ2n) is 5.11. The Morgan fingerprint density at radius 2 is 1.74 bits per heavy atom. The van der Waals surface area contributed by atoms with Gasteiger partial charge in [0, 0.05) is 0 Å². The van der Waals surface area contributed by atoms with Crippen LogP contribution in [0.1, 0.15) is 11.1 Å². The van der Waals surface area contributed by atoms with Gasteiger partial charge in [0.1, 0.15) is 12.4 Å². The van der Waals surface area contributed by atoms with E-state index in [2.05, 4.69) is 0 Å². The van der Waals surface area contributed by atoms with Crippen molar-refractivity contribution < 1.29 is 17.6 Å². The molecular formula is C16H15ClFNO3S. The molecule has 0 N–H and O–H groups in total. The number of benzene rings is 2. The summed E-state index contributed by atoms with van der Waals surface area (Å²) in [6, 6.07) is 9.67. The van der Waals surface area contributed by atoms with Crippen LogP contribution < -0.4 is 4.31 Å². The van der Waals surface area contributed by atoms with Gasteiger partial charge in [-0.2, -0.15) is 0 Å². The minimum atomic E-state index is -4.04. The highest BCUT2D eigenvalue weighted by molar-refractivity contribution is 7.92. The third-order valence-electron chi connectivity index (χ3n) is 3.30. The molecule has 23 heavy (non-hydrogen) atoms. The molecule has 0 atom stereocenters. The second-order valence-corrected chi connectivity index (χ2v) is 7.39. The Bertz CT molecular complexity index is 835. The van der Waals surface area contributed by atoms with E-state index in [-0.39, 0.29) is 4.90 Å². The standard InChI is InChI=1S/C16H15ClFNO3S/c1-11-3-4-12(2)15(9-11)19(10-16(17)20)23(21,22)14-7-5-13(18)6-8-14/h3-9H,10H2,1-2H3. The largest absolute Gasteiger partial charge is 0.279 e. The van der Waals surface area contributed by atoms with Crippen molar-refractivity contribution in [3.05, 3.63) is 59.4 Å². The number of carbonyl (C=O) groups is 1. The van der Waals surface area contributed by atoms with Gasteiger partial charge in [-0.3, -0.25) is 9.10 Å². The molecule has 0 amide bonds. The topological polar surface area (TPSA) is 54.5 Å². The van der Waals surface area contributed by atoms with Crippen LogP contribution in [0.25, 0.3) is 0 Å². The molecule has 0 saturated carbocycles. The summed E-state index contributed by atoms with van der Waals surface area (Å²) in [5.41, 5.74) is 1.88. The van der Waals surface area contributed by atoms with Crippen LogP contribution in [0.15, 0.2) is 47.4 Å². The lowest BCUT2D eigenvalue weighted by atomic mass is 10.1. The van der Waals surface area contributed by atoms with Gasteiger partial charge in [-0.15, -0.1) is 0 Å². The molecule has 2 rings (SSSR count). The van der Waals surface area contributed by atoms with Crippen LogP contribution in [0, 0.1) is 19.7 Å². The van der Waals surface area contributed by atoms with Crippen molar-refractivity contribution in [3.63, 3.8) is 0 Å². The zero-order valence-electron chi connectivity index (χ0n) is 12.6. The lowest BCUT2D eigenvalue weighted by Gasteiger charge is -2.25. The summed E-state index contributed by atoms with van der Waals surface area (Å²) in [4.78, 5) is 11.2. The summed E-state index contributed by atoms with van der Waals surface area (Å²) >= 11 is 5.43. The van der Waals surface area contributed by atoms with Gasteiger partial charge < -0.3 is 0 Å². The first-order valence-electron chi connectivity index (χ1n) is 6.75. The van der Waals surface area contributed by atoms with E-state index in [1.54, 1.807) is 19.1 Å². The first-order chi connectivity index (χ1) is 10.7. The van der Waals surface area contributed by atoms with Crippen molar-refractivity contribution in [2.45, 2.75) is 18.7 Å². The van der Waals surface area contributed by atoms with E-state index < -0.39 is 27.6 Å². The second kappa shape index (κ2) is 6.68. The van der Waals surface area contributed by atoms with Crippen molar-refractivity contribution in [1.82, 2.24) is 0 Å². The minimum absolute atomic E-state index is 0.113. The highest BCUT2D eigenvalue weighted by Gasteiger charge is 2.27. The number of nitrogens with zero attached hydrogens (tertiary/aromatic N) is 1. The Kier molecular flexibility index (Phi) is 5.06. The maximum absolute atomic E-state index is 13.0. The van der Waals surface area contributed by atoms with Gasteiger partial charge in [0.25, 0.3) is 10.0 Å². The normalized spacial score (nSPS) is 11.3. The van der Waals surface area contributed by atoms with E-state index >= 15 is 0 Å². The highest BCUT2D eigenvalue weighted by Crippen LogP contribution is 2.28. The molecule has 0 fully saturated rings. The van der Waals surface area contributed by atoms with Crippen LogP contribution >= 0.6 is 11.6 Å². The van der Waals surface area contributed by atoms with Gasteiger partial charge >= 0.3 is 0 Å². The van der Waals surface area contributed by atoms with E-state index in [1.807, 2.05) is 13.0 Å². The van der Waals surface area contributed by atoms with Crippen molar-refractivity contribution >= 4 is 32.6 Å². The maximum Gasteiger partial charge on any atom is 0.264 e. The van der Waals surface area contributed by atoms with E-state index in [9.17, 15) is 17.6 Å². The zero-order valence-corrected chi connectivity index (χ0v) is 14.2. The maximum atomic E-state index is 13.0. The van der Waals surface area contributed by atoms with Crippen LogP contribution in [0.3, 0.4) is 0 Å². The molecule has 7 heteroatoms. The molecule has 0 aromatic heterocycles. The van der Waals surface area contributed by atoms with Crippen LogP contribution in [-0.2, 0) is 14.8 Å². The number of anilines is 1. The van der Waals surface area contributed by atoms with Crippen LogP contribution in [0.5, 0.6) is 0 Å². The molecule has 0 unspecified atom stereocenters. The van der Waals surface area contributed by atoms with E-state index in [1.165, 1.54) is 0 Å². The Labute approximate surface area is 139 Å². The third-order valence-corrected chi connectivity index (χ3v) is 5.20. The van der Waals surface area contributed by atoms with Gasteiger partial charge in [-0.1, -0.05) is 12.1 Å². The molecule has 0 heterocycles. The van der Waals surface area contributed by atoms with Gasteiger partial charge in [0.2, 0.25) is 5.24 Å². The average Bonchev–Trinajstić information content (AvgIpc) is 2.47. The molecule has 2 aromatic rings. The fourth-order valence-electron chi connectivity index (χ4n) is 2.13. The predicted molar refractivity (Wildman–Crippen MR) is 87.7 cm³/mol.